The molecule has 2 nitrogen and oxygen atoms in total. The molecule has 1 saturated carbocycles. The molecular formula is C12H21NO. The predicted molar refractivity (Wildman–Crippen MR) is 59.9 cm³/mol. The molecule has 0 spiro atoms. The lowest BCUT2D eigenvalue weighted by molar-refractivity contribution is 0.316. The molecule has 1 N–H and O–H groups in total. The van der Waals surface area contributed by atoms with Gasteiger partial charge >= 0.3 is 0 Å². The molecule has 1 fully saturated rings. The zero-order valence-electron chi connectivity index (χ0n) is 9.13. The molecule has 80 valence electrons. The summed E-state index contributed by atoms with van der Waals surface area (Å²) in [6.07, 6.45) is 11.7. The van der Waals surface area contributed by atoms with Gasteiger partial charge in [-0.25, -0.2) is 0 Å². The molecule has 0 aliphatic heterocycles. The smallest absolute Gasteiger partial charge is 0.0824 e. The van der Waals surface area contributed by atoms with Gasteiger partial charge in [-0.15, -0.1) is 0 Å². The molecule has 0 aromatic heterocycles. The molecule has 0 radical (unpaired) electrons. The first kappa shape index (κ1) is 11.3. The Morgan fingerprint density at radius 3 is 2.79 bits per heavy atom. The lowest BCUT2D eigenvalue weighted by Crippen LogP contribution is -2.09. The van der Waals surface area contributed by atoms with Crippen molar-refractivity contribution in [2.24, 2.45) is 5.16 Å². The third kappa shape index (κ3) is 3.52. The summed E-state index contributed by atoms with van der Waals surface area (Å²) < 4.78 is 0. The molecule has 0 heterocycles. The van der Waals surface area contributed by atoms with E-state index in [0.717, 1.165) is 25.0 Å². The highest BCUT2D eigenvalue weighted by Crippen LogP contribution is 2.21. The monoisotopic (exact) mass is 195 g/mol. The van der Waals surface area contributed by atoms with Gasteiger partial charge in [0.15, 0.2) is 0 Å². The SMILES string of the molecule is CCCCC/C=C1\CCCC\C1=N/O. The average Bonchev–Trinajstić information content (AvgIpc) is 2.25. The molecule has 0 bridgehead atoms. The van der Waals surface area contributed by atoms with Crippen LogP contribution in [-0.2, 0) is 0 Å². The maximum absolute atomic E-state index is 8.81. The molecule has 0 unspecified atom stereocenters. The normalized spacial score (nSPS) is 23.2. The van der Waals surface area contributed by atoms with Crippen molar-refractivity contribution in [2.45, 2.75) is 58.3 Å². The van der Waals surface area contributed by atoms with Crippen LogP contribution in [0.2, 0.25) is 0 Å². The van der Waals surface area contributed by atoms with Gasteiger partial charge in [-0.3, -0.25) is 0 Å². The minimum absolute atomic E-state index is 0.924. The van der Waals surface area contributed by atoms with Crippen molar-refractivity contribution < 1.29 is 5.21 Å². The Labute approximate surface area is 86.7 Å². The Hall–Kier alpha value is -0.790. The van der Waals surface area contributed by atoms with Crippen LogP contribution in [0.4, 0.5) is 0 Å². The van der Waals surface area contributed by atoms with Crippen LogP contribution in [0.5, 0.6) is 0 Å². The van der Waals surface area contributed by atoms with Crippen molar-refractivity contribution >= 4 is 5.71 Å². The molecule has 0 atom stereocenters. The van der Waals surface area contributed by atoms with Crippen LogP contribution >= 0.6 is 0 Å². The van der Waals surface area contributed by atoms with Gasteiger partial charge in [-0.05, 0) is 44.1 Å². The first-order valence-electron chi connectivity index (χ1n) is 5.78. The Bertz CT molecular complexity index is 218. The average molecular weight is 195 g/mol. The molecule has 14 heavy (non-hydrogen) atoms. The van der Waals surface area contributed by atoms with Crippen LogP contribution in [0, 0.1) is 0 Å². The van der Waals surface area contributed by atoms with Gasteiger partial charge in [-0.2, -0.15) is 0 Å². The van der Waals surface area contributed by atoms with E-state index in [9.17, 15) is 0 Å². The fourth-order valence-electron chi connectivity index (χ4n) is 1.92. The highest BCUT2D eigenvalue weighted by molar-refractivity contribution is 6.00. The van der Waals surface area contributed by atoms with Crippen molar-refractivity contribution in [1.82, 2.24) is 0 Å². The highest BCUT2D eigenvalue weighted by Gasteiger charge is 2.12. The van der Waals surface area contributed by atoms with Crippen LogP contribution in [-0.4, -0.2) is 10.9 Å². The molecule has 0 aromatic carbocycles. The number of oxime groups is 1. The van der Waals surface area contributed by atoms with E-state index in [4.69, 9.17) is 5.21 Å². The molecule has 1 aliphatic rings. The lowest BCUT2D eigenvalue weighted by atomic mass is 9.92. The van der Waals surface area contributed by atoms with Crippen molar-refractivity contribution in [1.29, 1.82) is 0 Å². The quantitative estimate of drug-likeness (QED) is 0.412. The summed E-state index contributed by atoms with van der Waals surface area (Å²) in [6.45, 7) is 2.22. The maximum atomic E-state index is 8.81. The van der Waals surface area contributed by atoms with E-state index in [1.165, 1.54) is 37.7 Å². The summed E-state index contributed by atoms with van der Waals surface area (Å²) >= 11 is 0. The first-order chi connectivity index (χ1) is 6.88. The summed E-state index contributed by atoms with van der Waals surface area (Å²) in [4.78, 5) is 0. The Balaban J connectivity index is 2.39. The van der Waals surface area contributed by atoms with Gasteiger partial charge in [-0.1, -0.05) is 31.0 Å². The van der Waals surface area contributed by atoms with Gasteiger partial charge in [0, 0.05) is 0 Å². The van der Waals surface area contributed by atoms with E-state index < -0.39 is 0 Å². The maximum Gasteiger partial charge on any atom is 0.0824 e. The minimum atomic E-state index is 0.924. The van der Waals surface area contributed by atoms with E-state index in [1.54, 1.807) is 0 Å². The molecule has 0 amide bonds. The van der Waals surface area contributed by atoms with E-state index in [2.05, 4.69) is 18.2 Å². The number of hydrogen-bond acceptors (Lipinski definition) is 2. The molecule has 0 aromatic rings. The topological polar surface area (TPSA) is 32.6 Å². The van der Waals surface area contributed by atoms with Gasteiger partial charge < -0.3 is 5.21 Å². The largest absolute Gasteiger partial charge is 0.411 e. The standard InChI is InChI=1S/C12H21NO/c1-2-3-4-5-8-11-9-6-7-10-12(11)13-14/h8,14H,2-7,9-10H2,1H3/b11-8+,13-12+. The Morgan fingerprint density at radius 2 is 2.07 bits per heavy atom. The second-order valence-electron chi connectivity index (χ2n) is 3.98. The van der Waals surface area contributed by atoms with Crippen LogP contribution in [0.1, 0.15) is 58.3 Å². The lowest BCUT2D eigenvalue weighted by Gasteiger charge is -2.15. The van der Waals surface area contributed by atoms with Crippen molar-refractivity contribution in [3.63, 3.8) is 0 Å². The summed E-state index contributed by atoms with van der Waals surface area (Å²) in [6, 6.07) is 0. The van der Waals surface area contributed by atoms with Gasteiger partial charge in [0.2, 0.25) is 0 Å². The van der Waals surface area contributed by atoms with Crippen LogP contribution in [0.15, 0.2) is 16.8 Å². The second kappa shape index (κ2) is 6.63. The predicted octanol–water partition coefficient (Wildman–Crippen LogP) is 3.90. The number of hydrogen-bond donors (Lipinski definition) is 1. The number of rotatable bonds is 4. The molecule has 1 aliphatic carbocycles. The summed E-state index contributed by atoms with van der Waals surface area (Å²) in [5.41, 5.74) is 2.21. The van der Waals surface area contributed by atoms with Crippen molar-refractivity contribution in [3.8, 4) is 0 Å². The van der Waals surface area contributed by atoms with Gasteiger partial charge in [0.05, 0.1) is 5.71 Å². The molecule has 1 rings (SSSR count). The zero-order chi connectivity index (χ0) is 10.2. The van der Waals surface area contributed by atoms with Gasteiger partial charge in [0.1, 0.15) is 0 Å². The van der Waals surface area contributed by atoms with Crippen molar-refractivity contribution in [2.75, 3.05) is 0 Å². The summed E-state index contributed by atoms with van der Waals surface area (Å²) in [5, 5.41) is 12.2. The van der Waals surface area contributed by atoms with Crippen LogP contribution < -0.4 is 0 Å². The minimum Gasteiger partial charge on any atom is -0.411 e. The van der Waals surface area contributed by atoms with E-state index in [1.807, 2.05) is 0 Å². The molecule has 0 saturated heterocycles. The summed E-state index contributed by atoms with van der Waals surface area (Å²) in [7, 11) is 0. The summed E-state index contributed by atoms with van der Waals surface area (Å²) in [5.74, 6) is 0. The number of unbranched alkanes of at least 4 members (excludes halogenated alkanes) is 3. The third-order valence-corrected chi connectivity index (χ3v) is 2.80. The van der Waals surface area contributed by atoms with Crippen LogP contribution in [0.25, 0.3) is 0 Å². The molecule has 2 heteroatoms. The zero-order valence-corrected chi connectivity index (χ0v) is 9.13. The second-order valence-corrected chi connectivity index (χ2v) is 3.98. The third-order valence-electron chi connectivity index (χ3n) is 2.80. The number of allylic oxidation sites excluding steroid dienone is 2. The number of nitrogens with zero attached hydrogens (tertiary/aromatic N) is 1. The first-order valence-corrected chi connectivity index (χ1v) is 5.78. The van der Waals surface area contributed by atoms with E-state index in [-0.39, 0.29) is 0 Å². The van der Waals surface area contributed by atoms with E-state index in [0.29, 0.717) is 0 Å². The van der Waals surface area contributed by atoms with E-state index >= 15 is 0 Å². The van der Waals surface area contributed by atoms with Crippen LogP contribution in [0.3, 0.4) is 0 Å². The molecular weight excluding hydrogens is 174 g/mol. The fraction of sp³-hybridized carbons (Fsp3) is 0.750. The fourth-order valence-corrected chi connectivity index (χ4v) is 1.92. The highest BCUT2D eigenvalue weighted by atomic mass is 16.4. The Morgan fingerprint density at radius 1 is 1.29 bits per heavy atom. The Kier molecular flexibility index (Phi) is 5.35. The van der Waals surface area contributed by atoms with Crippen molar-refractivity contribution in [3.05, 3.63) is 11.6 Å². The van der Waals surface area contributed by atoms with Gasteiger partial charge in [0.25, 0.3) is 0 Å².